The molecule has 1 aliphatic rings. The zero-order chi connectivity index (χ0) is 18.7. The molecule has 26 heavy (non-hydrogen) atoms. The first-order chi connectivity index (χ1) is 12.5. The number of aromatic nitrogens is 2. The van der Waals surface area contributed by atoms with E-state index in [2.05, 4.69) is 10.5 Å². The number of hydrogen-bond donors (Lipinski definition) is 2. The van der Waals surface area contributed by atoms with Gasteiger partial charge in [0.15, 0.2) is 5.84 Å². The molecule has 0 spiro atoms. The third-order valence-electron chi connectivity index (χ3n) is 4.59. The zero-order valence-corrected chi connectivity index (χ0v) is 14.9. The van der Waals surface area contributed by atoms with Crippen LogP contribution in [0.5, 0.6) is 0 Å². The van der Waals surface area contributed by atoms with Gasteiger partial charge in [0.05, 0.1) is 11.4 Å². The Morgan fingerprint density at radius 3 is 2.54 bits per heavy atom. The van der Waals surface area contributed by atoms with Gasteiger partial charge in [0.25, 0.3) is 5.56 Å². The molecule has 1 saturated heterocycles. The highest BCUT2D eigenvalue weighted by Gasteiger charge is 2.20. The molecule has 0 radical (unpaired) electrons. The van der Waals surface area contributed by atoms with Crippen molar-refractivity contribution in [1.82, 2.24) is 14.3 Å². The largest absolute Gasteiger partial charge is 0.355 e. The summed E-state index contributed by atoms with van der Waals surface area (Å²) in [5.41, 5.74) is 4.14. The number of amidine groups is 1. The Morgan fingerprint density at radius 2 is 1.92 bits per heavy atom. The molecule has 134 valence electrons. The van der Waals surface area contributed by atoms with Gasteiger partial charge in [-0.3, -0.25) is 20.3 Å². The molecular formula is C18H21N7O. The monoisotopic (exact) mass is 351 g/mol. The second-order valence-electron chi connectivity index (χ2n) is 6.16. The number of hydrogen-bond acceptors (Lipinski definition) is 5. The Kier molecular flexibility index (Phi) is 4.89. The highest BCUT2D eigenvalue weighted by molar-refractivity contribution is 6.46. The number of anilines is 1. The maximum absolute atomic E-state index is 12.8. The predicted octanol–water partition coefficient (Wildman–Crippen LogP) is 1.85. The lowest BCUT2D eigenvalue weighted by atomic mass is 10.3. The summed E-state index contributed by atoms with van der Waals surface area (Å²) < 4.78 is 3.26. The van der Waals surface area contributed by atoms with Crippen LogP contribution in [0.15, 0.2) is 40.2 Å². The minimum Gasteiger partial charge on any atom is -0.355 e. The average Bonchev–Trinajstić information content (AvgIpc) is 3.26. The summed E-state index contributed by atoms with van der Waals surface area (Å²) in [6.07, 6.45) is 2.02. The number of nitrogens with zero attached hydrogens (tertiary/aromatic N) is 5. The van der Waals surface area contributed by atoms with Crippen molar-refractivity contribution >= 4 is 17.2 Å². The molecule has 2 heterocycles. The minimum absolute atomic E-state index is 0.0270. The highest BCUT2D eigenvalue weighted by Crippen LogP contribution is 2.14. The zero-order valence-electron chi connectivity index (χ0n) is 14.9. The third kappa shape index (κ3) is 3.11. The van der Waals surface area contributed by atoms with Crippen molar-refractivity contribution in [2.24, 2.45) is 12.1 Å². The molecule has 8 heteroatoms. The van der Waals surface area contributed by atoms with E-state index >= 15 is 0 Å². The molecule has 0 atom stereocenters. The lowest BCUT2D eigenvalue weighted by Gasteiger charge is -2.16. The first-order valence-electron chi connectivity index (χ1n) is 8.46. The standard InChI is InChI=1S/C18H21N7O/c1-13-16(18(26)25(23(13)2)14-8-4-3-5-9-14)22-21-15(12-19)17(20)24-10-6-7-11-24/h3-5,8-9,20,22H,6-7,10-11H2,1-2H3/b20-17?,21-15-. The topological polar surface area (TPSA) is 102 Å². The van der Waals surface area contributed by atoms with Gasteiger partial charge in [-0.25, -0.2) is 4.68 Å². The van der Waals surface area contributed by atoms with E-state index in [0.29, 0.717) is 11.4 Å². The fourth-order valence-electron chi connectivity index (χ4n) is 3.03. The Hall–Kier alpha value is -3.34. The summed E-state index contributed by atoms with van der Waals surface area (Å²) in [7, 11) is 1.79. The van der Waals surface area contributed by atoms with Gasteiger partial charge in [-0.15, -0.1) is 0 Å². The van der Waals surface area contributed by atoms with Crippen LogP contribution in [0.3, 0.4) is 0 Å². The normalized spacial score (nSPS) is 14.3. The van der Waals surface area contributed by atoms with Crippen molar-refractivity contribution in [3.05, 3.63) is 46.4 Å². The number of benzene rings is 1. The molecule has 1 aliphatic heterocycles. The lowest BCUT2D eigenvalue weighted by molar-refractivity contribution is 0.523. The summed E-state index contributed by atoms with van der Waals surface area (Å²) in [5, 5.41) is 21.5. The maximum Gasteiger partial charge on any atom is 0.296 e. The fourth-order valence-corrected chi connectivity index (χ4v) is 3.03. The van der Waals surface area contributed by atoms with Crippen molar-refractivity contribution in [3.8, 4) is 11.8 Å². The van der Waals surface area contributed by atoms with Crippen LogP contribution >= 0.6 is 0 Å². The Balaban J connectivity index is 1.92. The van der Waals surface area contributed by atoms with E-state index in [0.717, 1.165) is 31.6 Å². The quantitative estimate of drug-likeness (QED) is 0.498. The minimum atomic E-state index is -0.259. The number of rotatable bonds is 4. The van der Waals surface area contributed by atoms with E-state index in [1.165, 1.54) is 4.68 Å². The molecule has 1 aromatic heterocycles. The van der Waals surface area contributed by atoms with Gasteiger partial charge in [0.1, 0.15) is 11.8 Å². The van der Waals surface area contributed by atoms with Crippen molar-refractivity contribution in [2.45, 2.75) is 19.8 Å². The first-order valence-corrected chi connectivity index (χ1v) is 8.46. The van der Waals surface area contributed by atoms with E-state index < -0.39 is 0 Å². The number of nitriles is 1. The van der Waals surface area contributed by atoms with Gasteiger partial charge >= 0.3 is 0 Å². The van der Waals surface area contributed by atoms with E-state index in [1.807, 2.05) is 41.3 Å². The van der Waals surface area contributed by atoms with Crippen LogP contribution in [0, 0.1) is 23.7 Å². The number of para-hydroxylation sites is 1. The predicted molar refractivity (Wildman–Crippen MR) is 101 cm³/mol. The van der Waals surface area contributed by atoms with E-state index in [9.17, 15) is 10.1 Å². The van der Waals surface area contributed by atoms with Gasteiger partial charge in [0, 0.05) is 20.1 Å². The molecule has 0 unspecified atom stereocenters. The van der Waals surface area contributed by atoms with E-state index in [-0.39, 0.29) is 17.1 Å². The fraction of sp³-hybridized carbons (Fsp3) is 0.333. The van der Waals surface area contributed by atoms with Crippen LogP contribution in [-0.4, -0.2) is 38.9 Å². The Bertz CT molecular complexity index is 940. The number of hydrazone groups is 1. The van der Waals surface area contributed by atoms with Crippen molar-refractivity contribution < 1.29 is 0 Å². The summed E-state index contributed by atoms with van der Waals surface area (Å²) in [6.45, 7) is 3.31. The second-order valence-corrected chi connectivity index (χ2v) is 6.16. The van der Waals surface area contributed by atoms with Gasteiger partial charge in [-0.05, 0) is 31.9 Å². The summed E-state index contributed by atoms with van der Waals surface area (Å²) in [5.74, 6) is 0.0921. The van der Waals surface area contributed by atoms with E-state index in [4.69, 9.17) is 5.41 Å². The SMILES string of the molecule is Cc1c(N/N=C(/C#N)C(=N)N2CCCC2)c(=O)n(-c2ccccc2)n1C. The third-order valence-corrected chi connectivity index (χ3v) is 4.59. The summed E-state index contributed by atoms with van der Waals surface area (Å²) in [4.78, 5) is 14.6. The molecule has 1 fully saturated rings. The molecular weight excluding hydrogens is 330 g/mol. The van der Waals surface area contributed by atoms with Gasteiger partial charge in [-0.1, -0.05) is 18.2 Å². The second kappa shape index (κ2) is 7.27. The molecule has 2 aromatic rings. The molecule has 0 amide bonds. The Morgan fingerprint density at radius 1 is 1.27 bits per heavy atom. The number of likely N-dealkylation sites (tertiary alicyclic amines) is 1. The van der Waals surface area contributed by atoms with Crippen LogP contribution in [0.4, 0.5) is 5.69 Å². The molecule has 0 saturated carbocycles. The van der Waals surface area contributed by atoms with Crippen LogP contribution in [0.25, 0.3) is 5.69 Å². The Labute approximate surface area is 151 Å². The smallest absolute Gasteiger partial charge is 0.296 e. The number of nitrogens with one attached hydrogen (secondary N) is 2. The maximum atomic E-state index is 12.8. The van der Waals surface area contributed by atoms with E-state index in [1.54, 1.807) is 18.7 Å². The van der Waals surface area contributed by atoms with Crippen LogP contribution in [-0.2, 0) is 7.05 Å². The lowest BCUT2D eigenvalue weighted by Crippen LogP contribution is -2.33. The molecule has 0 aliphatic carbocycles. The van der Waals surface area contributed by atoms with Crippen LogP contribution in [0.1, 0.15) is 18.5 Å². The summed E-state index contributed by atoms with van der Waals surface area (Å²) in [6, 6.07) is 11.2. The van der Waals surface area contributed by atoms with Crippen molar-refractivity contribution in [3.63, 3.8) is 0 Å². The first kappa shape index (κ1) is 17.5. The van der Waals surface area contributed by atoms with Crippen LogP contribution in [0.2, 0.25) is 0 Å². The molecule has 3 rings (SSSR count). The highest BCUT2D eigenvalue weighted by atomic mass is 16.1. The van der Waals surface area contributed by atoms with Crippen molar-refractivity contribution in [1.29, 1.82) is 10.7 Å². The molecule has 1 aromatic carbocycles. The van der Waals surface area contributed by atoms with Crippen LogP contribution < -0.4 is 11.0 Å². The summed E-state index contributed by atoms with van der Waals surface area (Å²) >= 11 is 0. The van der Waals surface area contributed by atoms with Gasteiger partial charge in [0.2, 0.25) is 5.71 Å². The average molecular weight is 351 g/mol. The molecule has 8 nitrogen and oxygen atoms in total. The van der Waals surface area contributed by atoms with Gasteiger partial charge < -0.3 is 4.90 Å². The van der Waals surface area contributed by atoms with Gasteiger partial charge in [-0.2, -0.15) is 10.4 Å². The molecule has 2 N–H and O–H groups in total. The molecule has 0 bridgehead atoms. The van der Waals surface area contributed by atoms with Crippen molar-refractivity contribution in [2.75, 3.05) is 18.5 Å².